The number of amides is 1. The average molecular weight is 375 g/mol. The van der Waals surface area contributed by atoms with Gasteiger partial charge in [-0.2, -0.15) is 0 Å². The Labute approximate surface area is 158 Å². The first kappa shape index (κ1) is 19.8. The summed E-state index contributed by atoms with van der Waals surface area (Å²) in [4.78, 5) is 26.1. The second-order valence-corrected chi connectivity index (χ2v) is 6.31. The highest BCUT2D eigenvalue weighted by atomic mass is 35.5. The van der Waals surface area contributed by atoms with Crippen molar-refractivity contribution in [2.24, 2.45) is 0 Å². The Hall–Kier alpha value is -2.53. The molecule has 0 aliphatic carbocycles. The lowest BCUT2D eigenvalue weighted by Gasteiger charge is -2.26. The molecular weight excluding hydrogens is 352 g/mol. The number of unbranched alkanes of at least 4 members (excludes halogenated alkanes) is 1. The highest BCUT2D eigenvalue weighted by molar-refractivity contribution is 6.34. The lowest BCUT2D eigenvalue weighted by atomic mass is 10.1. The summed E-state index contributed by atoms with van der Waals surface area (Å²) >= 11 is 6.10. The Morgan fingerprint density at radius 2 is 1.88 bits per heavy atom. The number of nitrogens with zero attached hydrogens (tertiary/aromatic N) is 1. The highest BCUT2D eigenvalue weighted by Gasteiger charge is 2.17. The Morgan fingerprint density at radius 3 is 2.50 bits per heavy atom. The van der Waals surface area contributed by atoms with Gasteiger partial charge in [0, 0.05) is 13.1 Å². The number of hydrogen-bond acceptors (Lipinski definition) is 3. The molecule has 0 spiro atoms. The standard InChI is InChI=1S/C20H23ClN2O3/c1-3-5-12-23(4-2)18-11-10-14(20(25)26)13-17(18)22-19(24)15-8-6-7-9-16(15)21/h6-11,13H,3-5,12H2,1-2H3,(H,22,24)(H,25,26). The zero-order chi connectivity index (χ0) is 19.1. The number of hydrogen-bond donors (Lipinski definition) is 2. The summed E-state index contributed by atoms with van der Waals surface area (Å²) in [5.74, 6) is -1.41. The Morgan fingerprint density at radius 1 is 1.15 bits per heavy atom. The van der Waals surface area contributed by atoms with Gasteiger partial charge in [-0.3, -0.25) is 4.79 Å². The first-order chi connectivity index (χ1) is 12.5. The minimum absolute atomic E-state index is 0.120. The number of nitrogens with one attached hydrogen (secondary N) is 1. The van der Waals surface area contributed by atoms with Crippen molar-refractivity contribution in [2.45, 2.75) is 26.7 Å². The fourth-order valence-corrected chi connectivity index (χ4v) is 2.90. The van der Waals surface area contributed by atoms with Gasteiger partial charge in [0.15, 0.2) is 0 Å². The van der Waals surface area contributed by atoms with E-state index in [0.717, 1.165) is 31.6 Å². The second kappa shape index (κ2) is 9.25. The van der Waals surface area contributed by atoms with Gasteiger partial charge < -0.3 is 15.3 Å². The van der Waals surface area contributed by atoms with E-state index >= 15 is 0 Å². The van der Waals surface area contributed by atoms with Gasteiger partial charge in [-0.1, -0.05) is 37.1 Å². The third-order valence-corrected chi connectivity index (χ3v) is 4.44. The molecule has 2 rings (SSSR count). The lowest BCUT2D eigenvalue weighted by molar-refractivity contribution is 0.0696. The topological polar surface area (TPSA) is 69.6 Å². The predicted octanol–water partition coefficient (Wildman–Crippen LogP) is 4.92. The van der Waals surface area contributed by atoms with Gasteiger partial charge in [0.1, 0.15) is 0 Å². The Bertz CT molecular complexity index is 792. The van der Waals surface area contributed by atoms with Crippen LogP contribution in [-0.2, 0) is 0 Å². The van der Waals surface area contributed by atoms with Gasteiger partial charge in [-0.05, 0) is 43.7 Å². The molecule has 6 heteroatoms. The normalized spacial score (nSPS) is 10.4. The Balaban J connectivity index is 2.39. The molecule has 0 aliphatic rings. The van der Waals surface area contributed by atoms with Gasteiger partial charge in [0.25, 0.3) is 5.91 Å². The van der Waals surface area contributed by atoms with E-state index in [1.54, 1.807) is 36.4 Å². The number of carboxylic acids is 1. The van der Waals surface area contributed by atoms with Crippen LogP contribution in [0.3, 0.4) is 0 Å². The second-order valence-electron chi connectivity index (χ2n) is 5.90. The number of benzene rings is 2. The van der Waals surface area contributed by atoms with Crippen molar-refractivity contribution in [3.05, 3.63) is 58.6 Å². The summed E-state index contributed by atoms with van der Waals surface area (Å²) in [6.45, 7) is 5.72. The van der Waals surface area contributed by atoms with Gasteiger partial charge in [-0.25, -0.2) is 4.79 Å². The van der Waals surface area contributed by atoms with E-state index in [-0.39, 0.29) is 11.5 Å². The molecule has 2 aromatic carbocycles. The molecule has 1 amide bonds. The number of carbonyl (C=O) groups excluding carboxylic acids is 1. The van der Waals surface area contributed by atoms with Gasteiger partial charge in [0.2, 0.25) is 0 Å². The fourth-order valence-electron chi connectivity index (χ4n) is 2.68. The summed E-state index contributed by atoms with van der Waals surface area (Å²) in [6.07, 6.45) is 2.05. The molecule has 0 bridgehead atoms. The molecular formula is C20H23ClN2O3. The summed E-state index contributed by atoms with van der Waals surface area (Å²) in [7, 11) is 0. The van der Waals surface area contributed by atoms with Crippen LogP contribution in [-0.4, -0.2) is 30.1 Å². The maximum atomic E-state index is 12.6. The minimum atomic E-state index is -1.04. The molecule has 0 aromatic heterocycles. The van der Waals surface area contributed by atoms with Gasteiger partial charge in [-0.15, -0.1) is 0 Å². The fraction of sp³-hybridized carbons (Fsp3) is 0.300. The summed E-state index contributed by atoms with van der Waals surface area (Å²) < 4.78 is 0. The zero-order valence-corrected chi connectivity index (χ0v) is 15.7. The van der Waals surface area contributed by atoms with E-state index in [2.05, 4.69) is 17.1 Å². The molecule has 0 fully saturated rings. The minimum Gasteiger partial charge on any atom is -0.478 e. The van der Waals surface area contributed by atoms with Crippen LogP contribution in [0.4, 0.5) is 11.4 Å². The monoisotopic (exact) mass is 374 g/mol. The molecule has 0 saturated carbocycles. The Kier molecular flexibility index (Phi) is 7.04. The van der Waals surface area contributed by atoms with Crippen LogP contribution in [0, 0.1) is 0 Å². The van der Waals surface area contributed by atoms with Crippen molar-refractivity contribution in [1.29, 1.82) is 0 Å². The first-order valence-electron chi connectivity index (χ1n) is 8.66. The average Bonchev–Trinajstić information content (AvgIpc) is 2.63. The highest BCUT2D eigenvalue weighted by Crippen LogP contribution is 2.29. The van der Waals surface area contributed by atoms with Crippen LogP contribution in [0.5, 0.6) is 0 Å². The van der Waals surface area contributed by atoms with E-state index in [1.807, 2.05) is 6.92 Å². The zero-order valence-electron chi connectivity index (χ0n) is 15.0. The molecule has 0 radical (unpaired) electrons. The summed E-state index contributed by atoms with van der Waals surface area (Å²) in [5, 5.41) is 12.5. The van der Waals surface area contributed by atoms with Crippen LogP contribution < -0.4 is 10.2 Å². The van der Waals surface area contributed by atoms with Gasteiger partial charge in [0.05, 0.1) is 27.5 Å². The number of rotatable bonds is 8. The molecule has 138 valence electrons. The van der Waals surface area contributed by atoms with E-state index in [1.165, 1.54) is 6.07 Å². The number of anilines is 2. The number of halogens is 1. The van der Waals surface area contributed by atoms with Crippen LogP contribution in [0.1, 0.15) is 47.4 Å². The van der Waals surface area contributed by atoms with Crippen LogP contribution in [0.2, 0.25) is 5.02 Å². The molecule has 5 nitrogen and oxygen atoms in total. The third-order valence-electron chi connectivity index (χ3n) is 4.11. The molecule has 2 aromatic rings. The first-order valence-corrected chi connectivity index (χ1v) is 9.03. The number of aromatic carboxylic acids is 1. The van der Waals surface area contributed by atoms with E-state index in [4.69, 9.17) is 11.6 Å². The number of carbonyl (C=O) groups is 2. The van der Waals surface area contributed by atoms with E-state index in [9.17, 15) is 14.7 Å². The maximum Gasteiger partial charge on any atom is 0.335 e. The molecule has 0 heterocycles. The van der Waals surface area contributed by atoms with Gasteiger partial charge >= 0.3 is 5.97 Å². The smallest absolute Gasteiger partial charge is 0.335 e. The third kappa shape index (κ3) is 4.76. The largest absolute Gasteiger partial charge is 0.478 e. The molecule has 2 N–H and O–H groups in total. The molecule has 0 aliphatic heterocycles. The quantitative estimate of drug-likeness (QED) is 0.688. The van der Waals surface area contributed by atoms with Crippen LogP contribution >= 0.6 is 11.6 Å². The summed E-state index contributed by atoms with van der Waals surface area (Å²) in [5.41, 5.74) is 1.73. The SMILES string of the molecule is CCCCN(CC)c1ccc(C(=O)O)cc1NC(=O)c1ccccc1Cl. The molecule has 26 heavy (non-hydrogen) atoms. The maximum absolute atomic E-state index is 12.6. The van der Waals surface area contributed by atoms with E-state index < -0.39 is 5.97 Å². The van der Waals surface area contributed by atoms with Crippen molar-refractivity contribution >= 4 is 34.9 Å². The molecule has 0 saturated heterocycles. The molecule has 0 unspecified atom stereocenters. The van der Waals surface area contributed by atoms with E-state index in [0.29, 0.717) is 16.3 Å². The van der Waals surface area contributed by atoms with Crippen LogP contribution in [0.25, 0.3) is 0 Å². The van der Waals surface area contributed by atoms with Crippen molar-refractivity contribution in [3.8, 4) is 0 Å². The van der Waals surface area contributed by atoms with Crippen LogP contribution in [0.15, 0.2) is 42.5 Å². The van der Waals surface area contributed by atoms with Crippen molar-refractivity contribution in [3.63, 3.8) is 0 Å². The van der Waals surface area contributed by atoms with Crippen molar-refractivity contribution in [2.75, 3.05) is 23.3 Å². The number of carboxylic acid groups (broad SMARTS) is 1. The molecule has 0 atom stereocenters. The summed E-state index contributed by atoms with van der Waals surface area (Å²) in [6, 6.07) is 11.5. The predicted molar refractivity (Wildman–Crippen MR) is 106 cm³/mol. The van der Waals surface area contributed by atoms with Crippen molar-refractivity contribution < 1.29 is 14.7 Å². The lowest BCUT2D eigenvalue weighted by Crippen LogP contribution is -2.26. The van der Waals surface area contributed by atoms with Crippen molar-refractivity contribution in [1.82, 2.24) is 0 Å².